The van der Waals surface area contributed by atoms with Crippen LogP contribution in [0.25, 0.3) is 10.8 Å². The average molecular weight is 444 g/mol. The molecule has 2 aromatic heterocycles. The Balaban J connectivity index is 1.27. The second-order valence-electron chi connectivity index (χ2n) is 7.31. The van der Waals surface area contributed by atoms with Crippen LogP contribution in [0, 0.1) is 13.8 Å². The minimum absolute atomic E-state index is 0.108. The normalized spacial score (nSPS) is 16.0. The van der Waals surface area contributed by atoms with Gasteiger partial charge in [-0.25, -0.2) is 4.98 Å². The summed E-state index contributed by atoms with van der Waals surface area (Å²) < 4.78 is 5.73. The molecule has 30 heavy (non-hydrogen) atoms. The molecule has 3 aromatic rings. The van der Waals surface area contributed by atoms with Crippen LogP contribution in [0.4, 0.5) is 0 Å². The number of benzene rings is 1. The summed E-state index contributed by atoms with van der Waals surface area (Å²) in [6, 6.07) is 10.9. The Morgan fingerprint density at radius 3 is 2.57 bits per heavy atom. The summed E-state index contributed by atoms with van der Waals surface area (Å²) >= 11 is 2.83. The molecule has 3 heterocycles. The first-order valence-electron chi connectivity index (χ1n) is 9.98. The second-order valence-corrected chi connectivity index (χ2v) is 9.44. The fourth-order valence-electron chi connectivity index (χ4n) is 3.61. The first-order valence-corrected chi connectivity index (χ1v) is 11.8. The van der Waals surface area contributed by atoms with Crippen LogP contribution >= 0.6 is 23.1 Å². The number of rotatable bonds is 6. The summed E-state index contributed by atoms with van der Waals surface area (Å²) in [5.74, 6) is 0.879. The van der Waals surface area contributed by atoms with E-state index >= 15 is 0 Å². The Morgan fingerprint density at radius 2 is 1.90 bits per heavy atom. The summed E-state index contributed by atoms with van der Waals surface area (Å²) in [7, 11) is 0. The van der Waals surface area contributed by atoms with Crippen molar-refractivity contribution in [1.29, 1.82) is 0 Å². The van der Waals surface area contributed by atoms with Crippen LogP contribution in [-0.2, 0) is 4.79 Å². The molecule has 1 aliphatic rings. The highest BCUT2D eigenvalue weighted by Crippen LogP contribution is 2.30. The third-order valence-corrected chi connectivity index (χ3v) is 7.18. The number of aryl methyl sites for hydroxylation is 2. The minimum Gasteiger partial charge on any atom is -0.410 e. The summed E-state index contributed by atoms with van der Waals surface area (Å²) in [6.07, 6.45) is 0. The molecule has 1 amide bonds. The van der Waals surface area contributed by atoms with Gasteiger partial charge >= 0.3 is 0 Å². The van der Waals surface area contributed by atoms with E-state index in [4.69, 9.17) is 4.42 Å². The number of amides is 1. The predicted molar refractivity (Wildman–Crippen MR) is 119 cm³/mol. The lowest BCUT2D eigenvalue weighted by atomic mass is 10.1. The molecular weight excluding hydrogens is 418 g/mol. The van der Waals surface area contributed by atoms with Crippen molar-refractivity contribution in [3.8, 4) is 10.8 Å². The number of nitrogens with zero attached hydrogens (tertiary/aromatic N) is 5. The van der Waals surface area contributed by atoms with E-state index in [-0.39, 0.29) is 5.91 Å². The van der Waals surface area contributed by atoms with Gasteiger partial charge in [0.25, 0.3) is 11.1 Å². The Labute approximate surface area is 184 Å². The Hall–Kier alpha value is -2.23. The van der Waals surface area contributed by atoms with Gasteiger partial charge in [-0.2, -0.15) is 0 Å². The highest BCUT2D eigenvalue weighted by molar-refractivity contribution is 7.99. The number of aromatic nitrogens is 3. The second kappa shape index (κ2) is 9.28. The minimum atomic E-state index is 0.108. The predicted octanol–water partition coefficient (Wildman–Crippen LogP) is 3.81. The van der Waals surface area contributed by atoms with Crippen LogP contribution < -0.4 is 0 Å². The molecule has 9 heteroatoms. The van der Waals surface area contributed by atoms with Gasteiger partial charge in [-0.05, 0) is 26.3 Å². The van der Waals surface area contributed by atoms with Crippen molar-refractivity contribution in [2.75, 3.05) is 31.9 Å². The Morgan fingerprint density at radius 1 is 1.17 bits per heavy atom. The van der Waals surface area contributed by atoms with E-state index in [1.54, 1.807) is 0 Å². The lowest BCUT2D eigenvalue weighted by Crippen LogP contribution is -2.49. The highest BCUT2D eigenvalue weighted by atomic mass is 32.2. The topological polar surface area (TPSA) is 75.4 Å². The fraction of sp³-hybridized carbons (Fsp3) is 0.429. The number of thioether (sulfide) groups is 1. The van der Waals surface area contributed by atoms with E-state index in [2.05, 4.69) is 51.3 Å². The zero-order valence-corrected chi connectivity index (χ0v) is 19.0. The van der Waals surface area contributed by atoms with Crippen LogP contribution in [0.15, 0.2) is 40.0 Å². The van der Waals surface area contributed by atoms with Gasteiger partial charge in [-0.3, -0.25) is 9.69 Å². The number of carbonyl (C=O) groups is 1. The van der Waals surface area contributed by atoms with Gasteiger partial charge in [0, 0.05) is 32.2 Å². The molecule has 0 bridgehead atoms. The van der Waals surface area contributed by atoms with Crippen molar-refractivity contribution in [3.05, 3.63) is 46.6 Å². The molecule has 1 fully saturated rings. The van der Waals surface area contributed by atoms with Gasteiger partial charge in [-0.15, -0.1) is 21.5 Å². The van der Waals surface area contributed by atoms with Crippen molar-refractivity contribution in [1.82, 2.24) is 25.0 Å². The van der Waals surface area contributed by atoms with Gasteiger partial charge < -0.3 is 9.32 Å². The van der Waals surface area contributed by atoms with Crippen molar-refractivity contribution in [2.24, 2.45) is 0 Å². The summed E-state index contributed by atoms with van der Waals surface area (Å²) in [5, 5.41) is 9.57. The molecule has 158 valence electrons. The van der Waals surface area contributed by atoms with Crippen molar-refractivity contribution >= 4 is 29.0 Å². The van der Waals surface area contributed by atoms with E-state index in [9.17, 15) is 4.79 Å². The van der Waals surface area contributed by atoms with E-state index in [0.29, 0.717) is 22.9 Å². The summed E-state index contributed by atoms with van der Waals surface area (Å²) in [6.45, 7) is 9.34. The third-order valence-electron chi connectivity index (χ3n) is 5.32. The van der Waals surface area contributed by atoms with Crippen LogP contribution in [0.5, 0.6) is 0 Å². The van der Waals surface area contributed by atoms with E-state index in [0.717, 1.165) is 41.8 Å². The molecule has 1 atom stereocenters. The molecule has 1 aromatic carbocycles. The SMILES string of the molecule is Cc1nc(C)c(-c2nnc(SCC(=O)N3CCN(C(C)c4ccccc4)CC3)o2)s1. The molecular formula is C21H25N5O2S2. The van der Waals surface area contributed by atoms with Gasteiger partial charge in [0.2, 0.25) is 5.91 Å². The quantitative estimate of drug-likeness (QED) is 0.536. The lowest BCUT2D eigenvalue weighted by Gasteiger charge is -2.38. The monoisotopic (exact) mass is 443 g/mol. The number of thiazole rings is 1. The molecule has 0 radical (unpaired) electrons. The van der Waals surface area contributed by atoms with Crippen LogP contribution in [0.3, 0.4) is 0 Å². The molecule has 1 aliphatic heterocycles. The van der Waals surface area contributed by atoms with E-state index < -0.39 is 0 Å². The molecule has 7 nitrogen and oxygen atoms in total. The molecule has 0 N–H and O–H groups in total. The largest absolute Gasteiger partial charge is 0.410 e. The highest BCUT2D eigenvalue weighted by Gasteiger charge is 2.25. The van der Waals surface area contributed by atoms with E-state index in [1.807, 2.05) is 24.8 Å². The fourth-order valence-corrected chi connectivity index (χ4v) is 5.11. The first-order chi connectivity index (χ1) is 14.5. The van der Waals surface area contributed by atoms with Crippen LogP contribution in [-0.4, -0.2) is 62.8 Å². The van der Waals surface area contributed by atoms with Crippen molar-refractivity contribution < 1.29 is 9.21 Å². The molecule has 0 saturated carbocycles. The van der Waals surface area contributed by atoms with Crippen LogP contribution in [0.2, 0.25) is 0 Å². The Kier molecular flexibility index (Phi) is 6.50. The molecule has 1 saturated heterocycles. The lowest BCUT2D eigenvalue weighted by molar-refractivity contribution is -0.130. The van der Waals surface area contributed by atoms with Gasteiger partial charge in [0.05, 0.1) is 16.5 Å². The zero-order chi connectivity index (χ0) is 21.1. The smallest absolute Gasteiger partial charge is 0.277 e. The van der Waals surface area contributed by atoms with Gasteiger partial charge in [0.1, 0.15) is 4.88 Å². The number of hydrogen-bond acceptors (Lipinski definition) is 8. The number of carbonyl (C=O) groups excluding carboxylic acids is 1. The van der Waals surface area contributed by atoms with E-state index in [1.165, 1.54) is 28.7 Å². The zero-order valence-electron chi connectivity index (χ0n) is 17.4. The van der Waals surface area contributed by atoms with Gasteiger partial charge in [0.15, 0.2) is 0 Å². The maximum Gasteiger partial charge on any atom is 0.277 e. The van der Waals surface area contributed by atoms with Gasteiger partial charge in [-0.1, -0.05) is 42.1 Å². The number of piperazine rings is 1. The summed E-state index contributed by atoms with van der Waals surface area (Å²) in [5.41, 5.74) is 2.20. The summed E-state index contributed by atoms with van der Waals surface area (Å²) in [4.78, 5) is 22.3. The molecule has 4 rings (SSSR count). The Bertz CT molecular complexity index is 996. The number of hydrogen-bond donors (Lipinski definition) is 0. The molecule has 0 spiro atoms. The third kappa shape index (κ3) is 4.74. The maximum absolute atomic E-state index is 12.6. The van der Waals surface area contributed by atoms with Crippen LogP contribution in [0.1, 0.15) is 29.2 Å². The molecule has 0 aliphatic carbocycles. The molecule has 1 unspecified atom stereocenters. The standard InChI is InChI=1S/C21H25N5O2S2/c1-14-19(30-16(3)22-14)20-23-24-21(28-20)29-13-18(27)26-11-9-25(10-12-26)15(2)17-7-5-4-6-8-17/h4-8,15H,9-13H2,1-3H3. The van der Waals surface area contributed by atoms with Crippen molar-refractivity contribution in [3.63, 3.8) is 0 Å². The van der Waals surface area contributed by atoms with Crippen molar-refractivity contribution in [2.45, 2.75) is 32.0 Å². The maximum atomic E-state index is 12.6. The first kappa shape index (κ1) is 21.0. The average Bonchev–Trinajstić information content (AvgIpc) is 3.37.